The van der Waals surface area contributed by atoms with Gasteiger partial charge in [-0.1, -0.05) is 23.2 Å². The van der Waals surface area contributed by atoms with Crippen molar-refractivity contribution in [1.82, 2.24) is 0 Å². The van der Waals surface area contributed by atoms with Gasteiger partial charge in [0.15, 0.2) is 0 Å². The molecule has 0 radical (unpaired) electrons. The van der Waals surface area contributed by atoms with Crippen LogP contribution in [0.4, 0.5) is 21.5 Å². The average molecular weight is 285 g/mol. The predicted octanol–water partition coefficient (Wildman–Crippen LogP) is 4.77. The fraction of sp³-hybridized carbons (Fsp3) is 0.0769. The summed E-state index contributed by atoms with van der Waals surface area (Å²) >= 11 is 11.6. The van der Waals surface area contributed by atoms with Crippen LogP contribution in [0.3, 0.4) is 0 Å². The van der Waals surface area contributed by atoms with E-state index in [0.717, 1.165) is 11.3 Å². The number of hydrogen-bond donors (Lipinski definition) is 2. The highest BCUT2D eigenvalue weighted by atomic mass is 35.5. The van der Waals surface area contributed by atoms with Crippen molar-refractivity contribution < 1.29 is 4.39 Å². The van der Waals surface area contributed by atoms with Crippen LogP contribution < -0.4 is 11.1 Å². The van der Waals surface area contributed by atoms with Crippen LogP contribution in [-0.2, 0) is 0 Å². The van der Waals surface area contributed by atoms with Gasteiger partial charge in [0, 0.05) is 11.4 Å². The molecule has 2 aromatic rings. The molecule has 18 heavy (non-hydrogen) atoms. The van der Waals surface area contributed by atoms with Crippen LogP contribution in [-0.4, -0.2) is 0 Å². The van der Waals surface area contributed by atoms with Crippen LogP contribution in [0.25, 0.3) is 0 Å². The van der Waals surface area contributed by atoms with Gasteiger partial charge >= 0.3 is 0 Å². The predicted molar refractivity (Wildman–Crippen MR) is 75.3 cm³/mol. The van der Waals surface area contributed by atoms with Gasteiger partial charge in [0.25, 0.3) is 0 Å². The molecule has 0 aromatic heterocycles. The minimum absolute atomic E-state index is 0.0904. The van der Waals surface area contributed by atoms with Crippen LogP contribution in [0.2, 0.25) is 10.0 Å². The molecule has 2 rings (SSSR count). The van der Waals surface area contributed by atoms with Gasteiger partial charge in [-0.15, -0.1) is 0 Å². The van der Waals surface area contributed by atoms with Crippen molar-refractivity contribution in [1.29, 1.82) is 0 Å². The van der Waals surface area contributed by atoms with Crippen molar-refractivity contribution in [3.8, 4) is 0 Å². The maximum atomic E-state index is 13.3. The van der Waals surface area contributed by atoms with Crippen molar-refractivity contribution in [2.45, 2.75) is 6.92 Å². The first kappa shape index (κ1) is 13.0. The summed E-state index contributed by atoms with van der Waals surface area (Å²) in [6, 6.07) is 7.98. The lowest BCUT2D eigenvalue weighted by Crippen LogP contribution is -1.96. The molecule has 2 nitrogen and oxygen atoms in total. The quantitative estimate of drug-likeness (QED) is 0.780. The molecule has 0 atom stereocenters. The minimum Gasteiger partial charge on any atom is -0.398 e. The second kappa shape index (κ2) is 5.04. The summed E-state index contributed by atoms with van der Waals surface area (Å²) in [4.78, 5) is 0. The molecule has 0 unspecified atom stereocenters. The Bertz CT molecular complexity index is 600. The lowest BCUT2D eigenvalue weighted by molar-refractivity contribution is 0.629. The first-order valence-corrected chi connectivity index (χ1v) is 6.00. The summed E-state index contributed by atoms with van der Waals surface area (Å²) in [5, 5.41) is 3.62. The monoisotopic (exact) mass is 284 g/mol. The summed E-state index contributed by atoms with van der Waals surface area (Å²) in [7, 11) is 0. The smallest absolute Gasteiger partial charge is 0.143 e. The third kappa shape index (κ3) is 2.68. The van der Waals surface area contributed by atoms with Gasteiger partial charge in [-0.3, -0.25) is 0 Å². The van der Waals surface area contributed by atoms with E-state index in [-0.39, 0.29) is 5.02 Å². The van der Waals surface area contributed by atoms with Crippen LogP contribution in [0, 0.1) is 12.7 Å². The molecule has 2 aromatic carbocycles. The zero-order valence-corrected chi connectivity index (χ0v) is 11.1. The van der Waals surface area contributed by atoms with Crippen LogP contribution in [0.5, 0.6) is 0 Å². The molecule has 0 amide bonds. The third-order valence-electron chi connectivity index (χ3n) is 2.54. The normalized spacial score (nSPS) is 10.4. The number of nitrogens with one attached hydrogen (secondary N) is 1. The van der Waals surface area contributed by atoms with Crippen molar-refractivity contribution in [2.24, 2.45) is 0 Å². The summed E-state index contributed by atoms with van der Waals surface area (Å²) < 4.78 is 13.3. The molecule has 0 aliphatic carbocycles. The zero-order chi connectivity index (χ0) is 13.3. The second-order valence-corrected chi connectivity index (χ2v) is 4.76. The van der Waals surface area contributed by atoms with Crippen molar-refractivity contribution in [3.05, 3.63) is 51.8 Å². The maximum absolute atomic E-state index is 13.3. The topological polar surface area (TPSA) is 38.0 Å². The fourth-order valence-corrected chi connectivity index (χ4v) is 1.85. The number of benzene rings is 2. The van der Waals surface area contributed by atoms with E-state index < -0.39 is 5.82 Å². The average Bonchev–Trinajstić information content (AvgIpc) is 2.31. The Morgan fingerprint density at radius 3 is 2.50 bits per heavy atom. The van der Waals surface area contributed by atoms with Gasteiger partial charge in [-0.2, -0.15) is 0 Å². The van der Waals surface area contributed by atoms with Gasteiger partial charge in [0.2, 0.25) is 0 Å². The fourth-order valence-electron chi connectivity index (χ4n) is 1.57. The Kier molecular flexibility index (Phi) is 3.64. The lowest BCUT2D eigenvalue weighted by atomic mass is 10.1. The highest BCUT2D eigenvalue weighted by Crippen LogP contribution is 2.29. The van der Waals surface area contributed by atoms with Gasteiger partial charge in [-0.05, 0) is 42.8 Å². The van der Waals surface area contributed by atoms with E-state index >= 15 is 0 Å². The molecule has 0 aliphatic heterocycles. The first-order valence-electron chi connectivity index (χ1n) is 5.25. The molecular weight excluding hydrogens is 274 g/mol. The molecule has 0 fully saturated rings. The Balaban J connectivity index is 2.34. The Morgan fingerprint density at radius 1 is 1.11 bits per heavy atom. The number of anilines is 3. The molecule has 0 spiro atoms. The third-order valence-corrected chi connectivity index (χ3v) is 3.18. The standard InChI is InChI=1S/C13H11Cl2FN2/c1-7-4-12(17)10(15)6-13(7)18-8-2-3-9(14)11(16)5-8/h2-6,18H,17H2,1H3. The molecule has 94 valence electrons. The van der Waals surface area contributed by atoms with E-state index in [1.165, 1.54) is 12.1 Å². The van der Waals surface area contributed by atoms with Crippen molar-refractivity contribution in [3.63, 3.8) is 0 Å². The number of nitrogens with two attached hydrogens (primary N) is 1. The van der Waals surface area contributed by atoms with Gasteiger partial charge in [0.1, 0.15) is 5.82 Å². The largest absolute Gasteiger partial charge is 0.398 e. The van der Waals surface area contributed by atoms with Gasteiger partial charge in [0.05, 0.1) is 15.7 Å². The molecular formula is C13H11Cl2FN2. The molecule has 0 saturated carbocycles. The van der Waals surface area contributed by atoms with Crippen LogP contribution in [0.1, 0.15) is 5.56 Å². The zero-order valence-electron chi connectivity index (χ0n) is 9.60. The van der Waals surface area contributed by atoms with E-state index in [1.54, 1.807) is 18.2 Å². The summed E-state index contributed by atoms with van der Waals surface area (Å²) in [5.74, 6) is -0.471. The number of halogens is 3. The molecule has 0 saturated heterocycles. The van der Waals surface area contributed by atoms with E-state index in [1.807, 2.05) is 6.92 Å². The van der Waals surface area contributed by atoms with Crippen LogP contribution >= 0.6 is 23.2 Å². The van der Waals surface area contributed by atoms with E-state index in [2.05, 4.69) is 5.32 Å². The number of nitrogen functional groups attached to an aromatic ring is 1. The molecule has 0 aliphatic rings. The first-order chi connectivity index (χ1) is 8.47. The Hall–Kier alpha value is -1.45. The van der Waals surface area contributed by atoms with Crippen LogP contribution in [0.15, 0.2) is 30.3 Å². The molecule has 3 N–H and O–H groups in total. The van der Waals surface area contributed by atoms with Crippen molar-refractivity contribution in [2.75, 3.05) is 11.1 Å². The summed E-state index contributed by atoms with van der Waals surface area (Å²) in [5.41, 5.74) is 8.50. The van der Waals surface area contributed by atoms with E-state index in [0.29, 0.717) is 16.4 Å². The Morgan fingerprint density at radius 2 is 1.83 bits per heavy atom. The number of aryl methyl sites for hydroxylation is 1. The Labute approximate surface area is 115 Å². The molecule has 0 bridgehead atoms. The molecule has 0 heterocycles. The minimum atomic E-state index is -0.471. The molecule has 5 heteroatoms. The van der Waals surface area contributed by atoms with Gasteiger partial charge in [-0.25, -0.2) is 4.39 Å². The second-order valence-electron chi connectivity index (χ2n) is 3.94. The summed E-state index contributed by atoms with van der Waals surface area (Å²) in [6.45, 7) is 1.89. The van der Waals surface area contributed by atoms with Crippen molar-refractivity contribution >= 4 is 40.3 Å². The highest BCUT2D eigenvalue weighted by molar-refractivity contribution is 6.33. The van der Waals surface area contributed by atoms with E-state index in [9.17, 15) is 4.39 Å². The van der Waals surface area contributed by atoms with E-state index in [4.69, 9.17) is 28.9 Å². The summed E-state index contributed by atoms with van der Waals surface area (Å²) in [6.07, 6.45) is 0. The van der Waals surface area contributed by atoms with Gasteiger partial charge < -0.3 is 11.1 Å². The maximum Gasteiger partial charge on any atom is 0.143 e. The SMILES string of the molecule is Cc1cc(N)c(Cl)cc1Nc1ccc(Cl)c(F)c1. The number of hydrogen-bond acceptors (Lipinski definition) is 2. The highest BCUT2D eigenvalue weighted by Gasteiger charge is 2.06. The number of rotatable bonds is 2. The lowest BCUT2D eigenvalue weighted by Gasteiger charge is -2.11.